The summed E-state index contributed by atoms with van der Waals surface area (Å²) in [6.07, 6.45) is 7.42. The van der Waals surface area contributed by atoms with Gasteiger partial charge >= 0.3 is 0 Å². The third-order valence-corrected chi connectivity index (χ3v) is 4.01. The van der Waals surface area contributed by atoms with Crippen LogP contribution >= 0.6 is 0 Å². The van der Waals surface area contributed by atoms with Crippen molar-refractivity contribution < 1.29 is 5.11 Å². The van der Waals surface area contributed by atoms with Gasteiger partial charge in [-0.2, -0.15) is 0 Å². The van der Waals surface area contributed by atoms with E-state index in [1.54, 1.807) is 12.4 Å². The van der Waals surface area contributed by atoms with Crippen molar-refractivity contribution >= 4 is 11.9 Å². The number of fused-ring (bicyclic) bond motifs is 1. The minimum atomic E-state index is 0.0841. The molecule has 0 aromatic carbocycles. The Morgan fingerprint density at radius 2 is 1.96 bits per heavy atom. The van der Waals surface area contributed by atoms with Crippen LogP contribution in [0.15, 0.2) is 12.4 Å². The maximum absolute atomic E-state index is 9.30. The first kappa shape index (κ1) is 15.6. The lowest BCUT2D eigenvalue weighted by atomic mass is 10.1. The van der Waals surface area contributed by atoms with E-state index in [1.165, 1.54) is 5.56 Å². The number of anilines is 2. The molecule has 7 nitrogen and oxygen atoms in total. The van der Waals surface area contributed by atoms with Crippen LogP contribution in [-0.4, -0.2) is 44.7 Å². The van der Waals surface area contributed by atoms with Crippen molar-refractivity contribution in [1.82, 2.24) is 19.9 Å². The molecular weight excluding hydrogens is 292 g/mol. The number of aliphatic hydroxyl groups excluding tert-OH is 1. The van der Waals surface area contributed by atoms with Crippen molar-refractivity contribution in [3.63, 3.8) is 0 Å². The highest BCUT2D eigenvalue weighted by molar-refractivity contribution is 5.65. The van der Waals surface area contributed by atoms with Crippen molar-refractivity contribution in [2.24, 2.45) is 0 Å². The van der Waals surface area contributed by atoms with Crippen LogP contribution in [0.5, 0.6) is 0 Å². The number of aromatic nitrogens is 4. The standard InChI is InChI=1S/C16H22N6O/c1-2-6-22(7-8-23)16-20-13-5-3-4-12(13)14(21-16)11-9-18-15(17)19-10-11/h9-10,23H,2-8H2,1H3,(H2,17,18,19). The number of nitrogens with two attached hydrogens (primary N) is 1. The summed E-state index contributed by atoms with van der Waals surface area (Å²) in [5.41, 5.74) is 9.62. The SMILES string of the molecule is CCCN(CCO)c1nc2c(c(-c3cnc(N)nc3)n1)CCC2. The fraction of sp³-hybridized carbons (Fsp3) is 0.500. The predicted octanol–water partition coefficient (Wildman–Crippen LogP) is 1.21. The molecule has 3 N–H and O–H groups in total. The summed E-state index contributed by atoms with van der Waals surface area (Å²) >= 11 is 0. The molecule has 0 fully saturated rings. The predicted molar refractivity (Wildman–Crippen MR) is 89.1 cm³/mol. The number of hydrogen-bond acceptors (Lipinski definition) is 7. The molecule has 0 radical (unpaired) electrons. The molecule has 0 amide bonds. The lowest BCUT2D eigenvalue weighted by molar-refractivity contribution is 0.301. The maximum Gasteiger partial charge on any atom is 0.226 e. The summed E-state index contributed by atoms with van der Waals surface area (Å²) in [6.45, 7) is 3.54. The van der Waals surface area contributed by atoms with E-state index in [-0.39, 0.29) is 12.6 Å². The third-order valence-electron chi connectivity index (χ3n) is 4.01. The van der Waals surface area contributed by atoms with E-state index in [9.17, 15) is 5.11 Å². The molecule has 0 unspecified atom stereocenters. The van der Waals surface area contributed by atoms with Gasteiger partial charge in [-0.15, -0.1) is 0 Å². The van der Waals surface area contributed by atoms with Gasteiger partial charge in [-0.05, 0) is 25.7 Å². The van der Waals surface area contributed by atoms with Crippen LogP contribution < -0.4 is 10.6 Å². The summed E-state index contributed by atoms with van der Waals surface area (Å²) in [4.78, 5) is 19.7. The van der Waals surface area contributed by atoms with Gasteiger partial charge in [-0.25, -0.2) is 19.9 Å². The van der Waals surface area contributed by atoms with Crippen molar-refractivity contribution in [2.45, 2.75) is 32.6 Å². The summed E-state index contributed by atoms with van der Waals surface area (Å²) in [7, 11) is 0. The van der Waals surface area contributed by atoms with Gasteiger partial charge in [0.05, 0.1) is 12.3 Å². The molecule has 2 aromatic heterocycles. The van der Waals surface area contributed by atoms with Crippen molar-refractivity contribution in [3.05, 3.63) is 23.7 Å². The molecule has 2 aromatic rings. The third kappa shape index (κ3) is 3.24. The molecule has 7 heteroatoms. The zero-order valence-electron chi connectivity index (χ0n) is 13.4. The van der Waals surface area contributed by atoms with Gasteiger partial charge in [0.15, 0.2) is 0 Å². The van der Waals surface area contributed by atoms with E-state index in [2.05, 4.69) is 16.9 Å². The van der Waals surface area contributed by atoms with Crippen LogP contribution in [0, 0.1) is 0 Å². The fourth-order valence-corrected chi connectivity index (χ4v) is 2.96. The van der Waals surface area contributed by atoms with Gasteiger partial charge < -0.3 is 15.7 Å². The fourth-order valence-electron chi connectivity index (χ4n) is 2.96. The second kappa shape index (κ2) is 6.87. The van der Waals surface area contributed by atoms with Gasteiger partial charge in [0.2, 0.25) is 11.9 Å². The van der Waals surface area contributed by atoms with E-state index in [0.29, 0.717) is 12.5 Å². The van der Waals surface area contributed by atoms with Crippen molar-refractivity contribution in [3.8, 4) is 11.3 Å². The number of aryl methyl sites for hydroxylation is 1. The first-order valence-corrected chi connectivity index (χ1v) is 8.06. The Morgan fingerprint density at radius 3 is 2.65 bits per heavy atom. The number of rotatable bonds is 6. The molecule has 23 heavy (non-hydrogen) atoms. The Kier molecular flexibility index (Phi) is 4.66. The lowest BCUT2D eigenvalue weighted by Gasteiger charge is -2.22. The lowest BCUT2D eigenvalue weighted by Crippen LogP contribution is -2.29. The minimum absolute atomic E-state index is 0.0841. The minimum Gasteiger partial charge on any atom is -0.395 e. The molecule has 1 aliphatic carbocycles. The number of nitrogens with zero attached hydrogens (tertiary/aromatic N) is 5. The van der Waals surface area contributed by atoms with E-state index < -0.39 is 0 Å². The smallest absolute Gasteiger partial charge is 0.226 e. The molecule has 122 valence electrons. The molecule has 0 spiro atoms. The van der Waals surface area contributed by atoms with Crippen molar-refractivity contribution in [1.29, 1.82) is 0 Å². The Labute approximate surface area is 135 Å². The highest BCUT2D eigenvalue weighted by Gasteiger charge is 2.22. The van der Waals surface area contributed by atoms with Crippen molar-refractivity contribution in [2.75, 3.05) is 30.3 Å². The molecule has 0 bridgehead atoms. The molecule has 0 atom stereocenters. The van der Waals surface area contributed by atoms with Gasteiger partial charge in [0, 0.05) is 42.3 Å². The second-order valence-corrected chi connectivity index (χ2v) is 5.69. The monoisotopic (exact) mass is 314 g/mol. The van der Waals surface area contributed by atoms with Crippen LogP contribution in [0.4, 0.5) is 11.9 Å². The van der Waals surface area contributed by atoms with E-state index in [4.69, 9.17) is 15.7 Å². The number of nitrogen functional groups attached to an aromatic ring is 1. The highest BCUT2D eigenvalue weighted by atomic mass is 16.3. The maximum atomic E-state index is 9.30. The molecular formula is C16H22N6O. The summed E-state index contributed by atoms with van der Waals surface area (Å²) < 4.78 is 0. The first-order chi connectivity index (χ1) is 11.2. The summed E-state index contributed by atoms with van der Waals surface area (Å²) in [5, 5.41) is 9.30. The zero-order chi connectivity index (χ0) is 16.2. The number of hydrogen-bond donors (Lipinski definition) is 2. The van der Waals surface area contributed by atoms with E-state index in [1.807, 2.05) is 4.90 Å². The molecule has 0 saturated carbocycles. The largest absolute Gasteiger partial charge is 0.395 e. The van der Waals surface area contributed by atoms with Gasteiger partial charge in [-0.1, -0.05) is 6.92 Å². The molecule has 3 rings (SSSR count). The van der Waals surface area contributed by atoms with E-state index >= 15 is 0 Å². The molecule has 0 aliphatic heterocycles. The highest BCUT2D eigenvalue weighted by Crippen LogP contribution is 2.31. The Morgan fingerprint density at radius 1 is 1.17 bits per heavy atom. The quantitative estimate of drug-likeness (QED) is 0.826. The normalized spacial score (nSPS) is 13.1. The van der Waals surface area contributed by atoms with Crippen LogP contribution in [0.2, 0.25) is 0 Å². The average molecular weight is 314 g/mol. The topological polar surface area (TPSA) is 101 Å². The first-order valence-electron chi connectivity index (χ1n) is 8.06. The number of aliphatic hydroxyl groups is 1. The molecule has 1 aliphatic rings. The second-order valence-electron chi connectivity index (χ2n) is 5.69. The molecule has 2 heterocycles. The Balaban J connectivity index is 2.06. The molecule has 0 saturated heterocycles. The Bertz CT molecular complexity index is 667. The van der Waals surface area contributed by atoms with E-state index in [0.717, 1.165) is 49.2 Å². The van der Waals surface area contributed by atoms with Crippen LogP contribution in [0.3, 0.4) is 0 Å². The Hall–Kier alpha value is -2.28. The summed E-state index contributed by atoms with van der Waals surface area (Å²) in [6, 6.07) is 0. The van der Waals surface area contributed by atoms with Gasteiger partial charge in [-0.3, -0.25) is 0 Å². The van der Waals surface area contributed by atoms with Gasteiger partial charge in [0.1, 0.15) is 0 Å². The average Bonchev–Trinajstić information content (AvgIpc) is 3.03. The summed E-state index contributed by atoms with van der Waals surface area (Å²) in [5.74, 6) is 0.931. The van der Waals surface area contributed by atoms with Gasteiger partial charge in [0.25, 0.3) is 0 Å². The van der Waals surface area contributed by atoms with Crippen LogP contribution in [-0.2, 0) is 12.8 Å². The zero-order valence-corrected chi connectivity index (χ0v) is 13.4. The van der Waals surface area contributed by atoms with Crippen LogP contribution in [0.25, 0.3) is 11.3 Å². The van der Waals surface area contributed by atoms with Crippen LogP contribution in [0.1, 0.15) is 31.0 Å².